The van der Waals surface area contributed by atoms with E-state index in [1.165, 1.54) is 6.92 Å². The van der Waals surface area contributed by atoms with E-state index in [9.17, 15) is 38.7 Å². The number of carbonyl (C=O) groups is 7. The van der Waals surface area contributed by atoms with Crippen LogP contribution in [-0.2, 0) is 35.2 Å². The number of nitrogens with zero attached hydrogens (tertiary/aromatic N) is 6. The molecule has 10 N–H and O–H groups in total. The number of fused-ring (bicyclic) bond motifs is 1. The molecule has 3 rings (SSSR count). The fraction of sp³-hybridized carbons (Fsp3) is 0.394. The van der Waals surface area contributed by atoms with Gasteiger partial charge in [0.15, 0.2) is 17.0 Å². The van der Waals surface area contributed by atoms with E-state index >= 15 is 0 Å². The van der Waals surface area contributed by atoms with Gasteiger partial charge in [0, 0.05) is 31.7 Å². The Morgan fingerprint density at radius 2 is 1.43 bits per heavy atom. The quantitative estimate of drug-likeness (QED) is 0.0542. The fourth-order valence-electron chi connectivity index (χ4n) is 4.42. The third-order valence-corrected chi connectivity index (χ3v) is 7.20. The fourth-order valence-corrected chi connectivity index (χ4v) is 4.42. The molecule has 0 aliphatic heterocycles. The number of ketones is 1. The third kappa shape index (κ3) is 16.4. The minimum absolute atomic E-state index is 0.0270. The number of anilines is 2. The van der Waals surface area contributed by atoms with Gasteiger partial charge in [-0.3, -0.25) is 24.0 Å². The summed E-state index contributed by atoms with van der Waals surface area (Å²) in [6, 6.07) is 4.41. The summed E-state index contributed by atoms with van der Waals surface area (Å²) in [4.78, 5) is 95.1. The van der Waals surface area contributed by atoms with Crippen LogP contribution in [0.15, 0.2) is 30.5 Å². The van der Waals surface area contributed by atoms with Gasteiger partial charge in [-0.1, -0.05) is 26.0 Å². The summed E-state index contributed by atoms with van der Waals surface area (Å²) in [6.45, 7) is 4.81. The summed E-state index contributed by atoms with van der Waals surface area (Å²) in [5.74, 6) is -5.70. The lowest BCUT2D eigenvalue weighted by molar-refractivity contribution is -0.142. The summed E-state index contributed by atoms with van der Waals surface area (Å²) in [5, 5.41) is 38.9. The SMILES string of the molecule is CC(=O)N[C@@H](CCC(=O)C=[N+]=[N-])C(=O)O.CCC(=O)O.CCC(Cc1cnc2nc(N)nc(N)c2n1)c1ccc(C(=O)N[C@@H](CCC(=O)O)C(=O)O)cc1. The summed E-state index contributed by atoms with van der Waals surface area (Å²) >= 11 is 0. The minimum Gasteiger partial charge on any atom is -0.481 e. The third-order valence-electron chi connectivity index (χ3n) is 7.20. The van der Waals surface area contributed by atoms with Crippen molar-refractivity contribution in [2.75, 3.05) is 11.5 Å². The van der Waals surface area contributed by atoms with Crippen LogP contribution >= 0.6 is 0 Å². The molecule has 0 saturated carbocycles. The molecule has 290 valence electrons. The minimum atomic E-state index is -1.29. The predicted octanol–water partition coefficient (Wildman–Crippen LogP) is 1.07. The molecule has 54 heavy (non-hydrogen) atoms. The maximum absolute atomic E-state index is 12.5. The van der Waals surface area contributed by atoms with Gasteiger partial charge in [-0.25, -0.2) is 19.6 Å². The van der Waals surface area contributed by atoms with E-state index in [-0.39, 0.29) is 55.4 Å². The number of carboxylic acids is 4. The molecule has 3 atom stereocenters. The summed E-state index contributed by atoms with van der Waals surface area (Å²) in [6.07, 6.45) is 3.15. The van der Waals surface area contributed by atoms with Gasteiger partial charge in [0.1, 0.15) is 12.1 Å². The lowest BCUT2D eigenvalue weighted by Gasteiger charge is -2.17. The van der Waals surface area contributed by atoms with E-state index in [1.54, 1.807) is 37.4 Å². The molecule has 0 aliphatic carbocycles. The first-order valence-electron chi connectivity index (χ1n) is 16.2. The molecule has 1 unspecified atom stereocenters. The van der Waals surface area contributed by atoms with Gasteiger partial charge < -0.3 is 48.1 Å². The van der Waals surface area contributed by atoms with Crippen molar-refractivity contribution >= 4 is 70.6 Å². The topological polar surface area (TPSA) is 364 Å². The number of nitrogens with one attached hydrogen (secondary N) is 2. The van der Waals surface area contributed by atoms with Crippen LogP contribution in [0.1, 0.15) is 86.8 Å². The largest absolute Gasteiger partial charge is 0.481 e. The molecule has 2 heterocycles. The molecule has 0 bridgehead atoms. The van der Waals surface area contributed by atoms with Gasteiger partial charge in [-0.2, -0.15) is 14.8 Å². The van der Waals surface area contributed by atoms with Crippen LogP contribution in [0.2, 0.25) is 0 Å². The number of amides is 2. The van der Waals surface area contributed by atoms with Crippen molar-refractivity contribution in [3.05, 3.63) is 52.8 Å². The highest BCUT2D eigenvalue weighted by Gasteiger charge is 2.22. The van der Waals surface area contributed by atoms with Gasteiger partial charge in [-0.15, -0.1) is 0 Å². The molecule has 0 spiro atoms. The predicted molar refractivity (Wildman–Crippen MR) is 190 cm³/mol. The smallest absolute Gasteiger partial charge is 0.326 e. The monoisotopic (exact) mass is 754 g/mol. The number of hydrogen-bond acceptors (Lipinski definition) is 13. The maximum atomic E-state index is 12.5. The van der Waals surface area contributed by atoms with Crippen molar-refractivity contribution in [1.82, 2.24) is 30.6 Å². The summed E-state index contributed by atoms with van der Waals surface area (Å²) < 4.78 is 0. The second-order valence-electron chi connectivity index (χ2n) is 11.3. The standard InChI is InChI=1S/C22H25N7O5.C8H11N3O4.C3H6O2/c1-2-11(9-14-10-25-19-17(26-14)18(23)28-22(24)29-19)12-3-5-13(6-4-12)20(32)27-15(21(33)34)7-8-16(30)31;1-5(12)11-7(8(14)15)3-2-6(13)4-10-9;1-2-3(4)5/h3-6,10-11,15H,2,7-9H2,1H3,(H,27,32)(H,30,31)(H,33,34)(H4,23,24,25,28,29);4,7H,2-3H2,1H3,(H,11,12)(H,14,15);2H2,1H3,(H,4,5)/t11?,15-;7-;/m00./s1. The van der Waals surface area contributed by atoms with Crippen LogP contribution in [0.3, 0.4) is 0 Å². The Morgan fingerprint density at radius 3 is 1.93 bits per heavy atom. The molecular formula is C33H42N10O11. The van der Waals surface area contributed by atoms with Crippen LogP contribution in [0, 0.1) is 0 Å². The first-order chi connectivity index (χ1) is 25.4. The zero-order chi connectivity index (χ0) is 41.0. The zero-order valence-corrected chi connectivity index (χ0v) is 29.6. The number of carboxylic acid groups (broad SMARTS) is 4. The lowest BCUT2D eigenvalue weighted by atomic mass is 9.91. The molecule has 2 aromatic heterocycles. The number of benzene rings is 1. The highest BCUT2D eigenvalue weighted by molar-refractivity contribution is 6.25. The summed E-state index contributed by atoms with van der Waals surface area (Å²) in [7, 11) is 0. The van der Waals surface area contributed by atoms with Gasteiger partial charge in [0.25, 0.3) is 5.91 Å². The molecule has 21 heteroatoms. The highest BCUT2D eigenvalue weighted by atomic mass is 16.4. The van der Waals surface area contributed by atoms with Crippen LogP contribution in [0.25, 0.3) is 16.7 Å². The van der Waals surface area contributed by atoms with E-state index in [1.807, 2.05) is 6.92 Å². The number of Topliss-reactive ketones (excluding diaryl/α,β-unsaturated/α-hetero) is 1. The highest BCUT2D eigenvalue weighted by Crippen LogP contribution is 2.25. The number of nitrogen functional groups attached to an aromatic ring is 2. The van der Waals surface area contributed by atoms with Crippen LogP contribution in [-0.4, -0.2) is 105 Å². The van der Waals surface area contributed by atoms with E-state index in [4.69, 9.17) is 32.3 Å². The van der Waals surface area contributed by atoms with Crippen molar-refractivity contribution in [2.24, 2.45) is 0 Å². The first kappa shape index (κ1) is 45.1. The lowest BCUT2D eigenvalue weighted by Crippen LogP contribution is -2.41. The molecule has 3 aromatic rings. The van der Waals surface area contributed by atoms with E-state index in [0.717, 1.165) is 12.0 Å². The second kappa shape index (κ2) is 22.8. The number of aromatic nitrogens is 4. The number of hydrogen-bond donors (Lipinski definition) is 8. The van der Waals surface area contributed by atoms with Crippen LogP contribution in [0.5, 0.6) is 0 Å². The van der Waals surface area contributed by atoms with Gasteiger partial charge in [-0.05, 0) is 49.3 Å². The molecule has 0 fully saturated rings. The average molecular weight is 755 g/mol. The molecule has 0 aliphatic rings. The summed E-state index contributed by atoms with van der Waals surface area (Å²) in [5.41, 5.74) is 22.1. The molecule has 2 amide bonds. The van der Waals surface area contributed by atoms with Gasteiger partial charge in [0.2, 0.25) is 17.6 Å². The van der Waals surface area contributed by atoms with E-state index in [0.29, 0.717) is 29.5 Å². The van der Waals surface area contributed by atoms with Gasteiger partial charge >= 0.3 is 30.1 Å². The van der Waals surface area contributed by atoms with Crippen molar-refractivity contribution in [1.29, 1.82) is 0 Å². The molecule has 0 radical (unpaired) electrons. The Balaban J connectivity index is 0.000000605. The maximum Gasteiger partial charge on any atom is 0.326 e. The Labute approximate surface area is 307 Å². The molecule has 21 nitrogen and oxygen atoms in total. The second-order valence-corrected chi connectivity index (χ2v) is 11.3. The Bertz CT molecular complexity index is 1870. The van der Waals surface area contributed by atoms with E-state index < -0.39 is 53.6 Å². The Kier molecular flexibility index (Phi) is 19.1. The van der Waals surface area contributed by atoms with Crippen LogP contribution < -0.4 is 22.1 Å². The van der Waals surface area contributed by atoms with Gasteiger partial charge in [0.05, 0.1) is 11.9 Å². The van der Waals surface area contributed by atoms with Crippen molar-refractivity contribution in [3.8, 4) is 0 Å². The first-order valence-corrected chi connectivity index (χ1v) is 16.2. The van der Waals surface area contributed by atoms with Crippen molar-refractivity contribution < 1.29 is 58.8 Å². The number of nitrogens with two attached hydrogens (primary N) is 2. The number of rotatable bonds is 17. The van der Waals surface area contributed by atoms with Crippen molar-refractivity contribution in [3.63, 3.8) is 0 Å². The molecule has 0 saturated heterocycles. The molecule has 1 aromatic carbocycles. The van der Waals surface area contributed by atoms with E-state index in [2.05, 4.69) is 35.4 Å². The van der Waals surface area contributed by atoms with Crippen LogP contribution in [0.4, 0.5) is 11.8 Å². The Morgan fingerprint density at radius 1 is 0.852 bits per heavy atom. The molecular weight excluding hydrogens is 712 g/mol. The zero-order valence-electron chi connectivity index (χ0n) is 29.6. The normalized spacial score (nSPS) is 11.8. The Hall–Kier alpha value is -6.89. The average Bonchev–Trinajstić information content (AvgIpc) is 3.11. The van der Waals surface area contributed by atoms with Crippen molar-refractivity contribution in [2.45, 2.75) is 83.7 Å². The number of aliphatic carboxylic acids is 4. The number of carbonyl (C=O) groups excluding carboxylic acids is 3.